The van der Waals surface area contributed by atoms with Crippen molar-refractivity contribution in [1.82, 2.24) is 0 Å². The number of allylic oxidation sites excluding steroid dienone is 4. The predicted octanol–water partition coefficient (Wildman–Crippen LogP) is 4.73. The standard InChI is InChI=1S/C15H24/c1-11-6-5-7-12(2)10-14-13(9-8-11)15(14,3)4/h6,10,13-14H,5,7-9H2,1-4H3/b11-6-,12-10-/t13-,14-/m0/s1. The van der Waals surface area contributed by atoms with Gasteiger partial charge in [-0.25, -0.2) is 0 Å². The quantitative estimate of drug-likeness (QED) is 0.501. The van der Waals surface area contributed by atoms with Crippen LogP contribution in [0.1, 0.15) is 53.4 Å². The zero-order chi connectivity index (χ0) is 11.1. The van der Waals surface area contributed by atoms with Gasteiger partial charge in [0.1, 0.15) is 0 Å². The Bertz CT molecular complexity index is 304. The van der Waals surface area contributed by atoms with Gasteiger partial charge in [0, 0.05) is 0 Å². The smallest absolute Gasteiger partial charge is 0.0143 e. The van der Waals surface area contributed by atoms with E-state index in [1.807, 2.05) is 0 Å². The molecule has 0 aromatic heterocycles. The van der Waals surface area contributed by atoms with Crippen molar-refractivity contribution < 1.29 is 0 Å². The van der Waals surface area contributed by atoms with E-state index in [0.717, 1.165) is 11.8 Å². The molecule has 0 aliphatic heterocycles. The third-order valence-electron chi connectivity index (χ3n) is 4.48. The maximum Gasteiger partial charge on any atom is -0.0143 e. The summed E-state index contributed by atoms with van der Waals surface area (Å²) in [5.74, 6) is 1.80. The summed E-state index contributed by atoms with van der Waals surface area (Å²) in [5.41, 5.74) is 3.78. The van der Waals surface area contributed by atoms with Crippen LogP contribution in [-0.4, -0.2) is 0 Å². The maximum absolute atomic E-state index is 2.55. The van der Waals surface area contributed by atoms with Gasteiger partial charge in [-0.15, -0.1) is 0 Å². The molecule has 2 aliphatic rings. The van der Waals surface area contributed by atoms with Gasteiger partial charge >= 0.3 is 0 Å². The van der Waals surface area contributed by atoms with Crippen molar-refractivity contribution in [1.29, 1.82) is 0 Å². The maximum atomic E-state index is 2.55. The largest absolute Gasteiger partial charge is 0.0853 e. The van der Waals surface area contributed by atoms with E-state index in [0.29, 0.717) is 5.41 Å². The topological polar surface area (TPSA) is 0 Å². The molecule has 15 heavy (non-hydrogen) atoms. The van der Waals surface area contributed by atoms with E-state index >= 15 is 0 Å². The molecule has 0 N–H and O–H groups in total. The number of rotatable bonds is 0. The second-order valence-electron chi connectivity index (χ2n) is 6.09. The monoisotopic (exact) mass is 204 g/mol. The van der Waals surface area contributed by atoms with Crippen LogP contribution >= 0.6 is 0 Å². The number of hydrogen-bond donors (Lipinski definition) is 0. The van der Waals surface area contributed by atoms with Crippen LogP contribution in [-0.2, 0) is 0 Å². The van der Waals surface area contributed by atoms with Crippen LogP contribution in [0, 0.1) is 17.3 Å². The third-order valence-corrected chi connectivity index (χ3v) is 4.48. The molecule has 0 bridgehead atoms. The summed E-state index contributed by atoms with van der Waals surface area (Å²) in [6.45, 7) is 9.47. The van der Waals surface area contributed by atoms with Crippen LogP contribution in [0.5, 0.6) is 0 Å². The van der Waals surface area contributed by atoms with Gasteiger partial charge in [-0.2, -0.15) is 0 Å². The lowest BCUT2D eigenvalue weighted by Gasteiger charge is -2.05. The summed E-state index contributed by atoms with van der Waals surface area (Å²) in [7, 11) is 0. The van der Waals surface area contributed by atoms with E-state index in [2.05, 4.69) is 39.8 Å². The van der Waals surface area contributed by atoms with Crippen molar-refractivity contribution in [2.24, 2.45) is 17.3 Å². The van der Waals surface area contributed by atoms with E-state index in [1.165, 1.54) is 25.7 Å². The van der Waals surface area contributed by atoms with Crippen molar-refractivity contribution in [3.63, 3.8) is 0 Å². The Labute approximate surface area is 94.5 Å². The summed E-state index contributed by atoms with van der Waals surface area (Å²) in [6.07, 6.45) is 10.2. The van der Waals surface area contributed by atoms with E-state index in [9.17, 15) is 0 Å². The van der Waals surface area contributed by atoms with Crippen molar-refractivity contribution in [3.8, 4) is 0 Å². The summed E-state index contributed by atoms with van der Waals surface area (Å²) in [5, 5.41) is 0. The minimum atomic E-state index is 0.575. The molecular formula is C15H24. The second-order valence-corrected chi connectivity index (χ2v) is 6.09. The molecule has 0 heteroatoms. The van der Waals surface area contributed by atoms with Crippen molar-refractivity contribution in [2.45, 2.75) is 53.4 Å². The fraction of sp³-hybridized carbons (Fsp3) is 0.733. The fourth-order valence-electron chi connectivity index (χ4n) is 3.09. The first-order chi connectivity index (χ1) is 7.01. The molecule has 0 nitrogen and oxygen atoms in total. The van der Waals surface area contributed by atoms with E-state index in [4.69, 9.17) is 0 Å². The first-order valence-corrected chi connectivity index (χ1v) is 6.34. The van der Waals surface area contributed by atoms with Crippen LogP contribution < -0.4 is 0 Å². The highest BCUT2D eigenvalue weighted by atomic mass is 14.6. The average Bonchev–Trinajstić information content (AvgIpc) is 2.65. The predicted molar refractivity (Wildman–Crippen MR) is 66.7 cm³/mol. The molecule has 0 spiro atoms. The number of hydrogen-bond acceptors (Lipinski definition) is 0. The Morgan fingerprint density at radius 2 is 1.87 bits per heavy atom. The van der Waals surface area contributed by atoms with Gasteiger partial charge in [-0.1, -0.05) is 37.1 Å². The van der Waals surface area contributed by atoms with Crippen molar-refractivity contribution in [2.75, 3.05) is 0 Å². The van der Waals surface area contributed by atoms with Crippen LogP contribution in [0.15, 0.2) is 23.3 Å². The molecule has 0 amide bonds. The molecule has 1 saturated carbocycles. The summed E-state index contributed by atoms with van der Waals surface area (Å²) >= 11 is 0. The highest BCUT2D eigenvalue weighted by Crippen LogP contribution is 2.61. The van der Waals surface area contributed by atoms with Crippen LogP contribution in [0.3, 0.4) is 0 Å². The molecule has 84 valence electrons. The SMILES string of the molecule is C/C1=C/[C@H]2[C@H](CC/C(C)=C\CC1)C2(C)C. The van der Waals surface area contributed by atoms with Gasteiger partial charge in [0.25, 0.3) is 0 Å². The molecule has 1 fully saturated rings. The Morgan fingerprint density at radius 1 is 1.13 bits per heavy atom. The normalized spacial score (nSPS) is 41.9. The van der Waals surface area contributed by atoms with Crippen molar-refractivity contribution in [3.05, 3.63) is 23.3 Å². The lowest BCUT2D eigenvalue weighted by Crippen LogP contribution is -1.90. The Hall–Kier alpha value is -0.520. The molecule has 0 radical (unpaired) electrons. The summed E-state index contributed by atoms with van der Waals surface area (Å²) < 4.78 is 0. The minimum absolute atomic E-state index is 0.575. The summed E-state index contributed by atoms with van der Waals surface area (Å²) in [4.78, 5) is 0. The molecule has 0 unspecified atom stereocenters. The number of fused-ring (bicyclic) bond motifs is 1. The van der Waals surface area contributed by atoms with Crippen LogP contribution in [0.2, 0.25) is 0 Å². The lowest BCUT2D eigenvalue weighted by atomic mass is 10.0. The van der Waals surface area contributed by atoms with Gasteiger partial charge in [-0.3, -0.25) is 0 Å². The molecule has 0 heterocycles. The highest BCUT2D eigenvalue weighted by Gasteiger charge is 2.55. The van der Waals surface area contributed by atoms with Gasteiger partial charge in [0.15, 0.2) is 0 Å². The molecule has 0 saturated heterocycles. The zero-order valence-corrected chi connectivity index (χ0v) is 10.6. The van der Waals surface area contributed by atoms with Crippen molar-refractivity contribution >= 4 is 0 Å². The Morgan fingerprint density at radius 3 is 2.60 bits per heavy atom. The van der Waals surface area contributed by atoms with Gasteiger partial charge < -0.3 is 0 Å². The highest BCUT2D eigenvalue weighted by molar-refractivity contribution is 5.19. The first kappa shape index (κ1) is 11.0. The van der Waals surface area contributed by atoms with E-state index in [1.54, 1.807) is 11.1 Å². The Balaban J connectivity index is 2.13. The first-order valence-electron chi connectivity index (χ1n) is 6.34. The molecular weight excluding hydrogens is 180 g/mol. The second kappa shape index (κ2) is 3.81. The molecule has 0 aromatic rings. The van der Waals surface area contributed by atoms with E-state index in [-0.39, 0.29) is 0 Å². The van der Waals surface area contributed by atoms with Gasteiger partial charge in [-0.05, 0) is 56.8 Å². The van der Waals surface area contributed by atoms with Crippen LogP contribution in [0.25, 0.3) is 0 Å². The molecule has 0 aromatic carbocycles. The molecule has 2 rings (SSSR count). The average molecular weight is 204 g/mol. The third kappa shape index (κ3) is 2.19. The Kier molecular flexibility index (Phi) is 2.79. The van der Waals surface area contributed by atoms with E-state index < -0.39 is 0 Å². The summed E-state index contributed by atoms with van der Waals surface area (Å²) in [6, 6.07) is 0. The zero-order valence-electron chi connectivity index (χ0n) is 10.6. The fourth-order valence-corrected chi connectivity index (χ4v) is 3.09. The lowest BCUT2D eigenvalue weighted by molar-refractivity contribution is 0.528. The van der Waals surface area contributed by atoms with Gasteiger partial charge in [0.2, 0.25) is 0 Å². The molecule has 2 atom stereocenters. The van der Waals surface area contributed by atoms with Crippen LogP contribution in [0.4, 0.5) is 0 Å². The molecule has 2 aliphatic carbocycles. The minimum Gasteiger partial charge on any atom is -0.0853 e. The van der Waals surface area contributed by atoms with Gasteiger partial charge in [0.05, 0.1) is 0 Å².